The van der Waals surface area contributed by atoms with Gasteiger partial charge in [-0.3, -0.25) is 0 Å². The van der Waals surface area contributed by atoms with Gasteiger partial charge in [-0.05, 0) is 42.4 Å². The third-order valence-electron chi connectivity index (χ3n) is 3.53. The minimum absolute atomic E-state index is 0.0644. The fraction of sp³-hybridized carbons (Fsp3) is 1.00. The van der Waals surface area contributed by atoms with Crippen molar-refractivity contribution in [3.05, 3.63) is 0 Å². The fourth-order valence-corrected chi connectivity index (χ4v) is 3.20. The quantitative estimate of drug-likeness (QED) is 0.720. The van der Waals surface area contributed by atoms with E-state index in [1.807, 2.05) is 0 Å². The molecule has 1 nitrogen and oxygen atoms in total. The molecule has 0 aromatic heterocycles. The van der Waals surface area contributed by atoms with E-state index in [9.17, 15) is 5.11 Å². The molecule has 1 N–H and O–H groups in total. The van der Waals surface area contributed by atoms with Crippen LogP contribution in [0, 0.1) is 23.2 Å². The molecule has 0 unspecified atom stereocenters. The summed E-state index contributed by atoms with van der Waals surface area (Å²) in [5.74, 6) is 1.70. The summed E-state index contributed by atoms with van der Waals surface area (Å²) in [5, 5.41) is 10.1. The molecule has 0 aliphatic heterocycles. The van der Waals surface area contributed by atoms with Gasteiger partial charge in [-0.15, -0.1) is 0 Å². The van der Waals surface area contributed by atoms with Crippen LogP contribution in [-0.4, -0.2) is 11.2 Å². The van der Waals surface area contributed by atoms with Crippen molar-refractivity contribution in [2.45, 2.75) is 60.0 Å². The first-order chi connectivity index (χ1) is 6.32. The summed E-state index contributed by atoms with van der Waals surface area (Å²) in [6.45, 7) is 11.4. The van der Waals surface area contributed by atoms with E-state index in [4.69, 9.17) is 0 Å². The Labute approximate surface area is 88.9 Å². The average Bonchev–Trinajstić information content (AvgIpc) is 1.97. The lowest BCUT2D eigenvalue weighted by Crippen LogP contribution is -2.39. The van der Waals surface area contributed by atoms with Crippen molar-refractivity contribution in [2.75, 3.05) is 0 Å². The maximum absolute atomic E-state index is 10.1. The lowest BCUT2D eigenvalue weighted by Gasteiger charge is -2.43. The smallest absolute Gasteiger partial charge is 0.0594 e. The van der Waals surface area contributed by atoms with E-state index in [0.29, 0.717) is 23.2 Å². The van der Waals surface area contributed by atoms with Crippen molar-refractivity contribution in [3.8, 4) is 0 Å². The fourth-order valence-electron chi connectivity index (χ4n) is 3.20. The first kappa shape index (κ1) is 12.0. The van der Waals surface area contributed by atoms with E-state index in [-0.39, 0.29) is 6.10 Å². The van der Waals surface area contributed by atoms with Crippen molar-refractivity contribution in [1.82, 2.24) is 0 Å². The van der Waals surface area contributed by atoms with Gasteiger partial charge >= 0.3 is 0 Å². The molecule has 0 aromatic rings. The van der Waals surface area contributed by atoms with Crippen LogP contribution in [0.25, 0.3) is 0 Å². The predicted octanol–water partition coefficient (Wildman–Crippen LogP) is 3.47. The Kier molecular flexibility index (Phi) is 3.63. The van der Waals surface area contributed by atoms with Crippen LogP contribution >= 0.6 is 0 Å². The standard InChI is InChI=1S/C13H26O/c1-9(2)6-11-8-13(4,5)7-10(3)12(11)14/h9-12,14H,6-8H2,1-5H3/t10-,11+,12+/m1/s1. The third kappa shape index (κ3) is 2.98. The Balaban J connectivity index is 2.63. The summed E-state index contributed by atoms with van der Waals surface area (Å²) in [6, 6.07) is 0. The highest BCUT2D eigenvalue weighted by Gasteiger charge is 2.38. The Bertz CT molecular complexity index is 184. The second-order valence-corrected chi connectivity index (χ2v) is 6.43. The van der Waals surface area contributed by atoms with E-state index < -0.39 is 0 Å². The summed E-state index contributed by atoms with van der Waals surface area (Å²) < 4.78 is 0. The molecule has 0 bridgehead atoms. The Morgan fingerprint density at radius 2 is 1.86 bits per heavy atom. The van der Waals surface area contributed by atoms with E-state index in [1.165, 1.54) is 19.3 Å². The lowest BCUT2D eigenvalue weighted by molar-refractivity contribution is -0.0290. The van der Waals surface area contributed by atoms with Gasteiger partial charge in [-0.1, -0.05) is 34.6 Å². The molecule has 0 radical (unpaired) electrons. The second kappa shape index (κ2) is 4.22. The van der Waals surface area contributed by atoms with Crippen LogP contribution in [0.1, 0.15) is 53.9 Å². The normalized spacial score (nSPS) is 37.5. The first-order valence-electron chi connectivity index (χ1n) is 6.00. The average molecular weight is 198 g/mol. The van der Waals surface area contributed by atoms with Gasteiger partial charge in [0, 0.05) is 0 Å². The number of aliphatic hydroxyl groups is 1. The van der Waals surface area contributed by atoms with Gasteiger partial charge < -0.3 is 5.11 Å². The highest BCUT2D eigenvalue weighted by Crippen LogP contribution is 2.43. The van der Waals surface area contributed by atoms with Crippen LogP contribution in [0.3, 0.4) is 0 Å². The van der Waals surface area contributed by atoms with Gasteiger partial charge in [0.2, 0.25) is 0 Å². The maximum atomic E-state index is 10.1. The molecule has 84 valence electrons. The van der Waals surface area contributed by atoms with E-state index in [0.717, 1.165) is 0 Å². The summed E-state index contributed by atoms with van der Waals surface area (Å²) in [6.07, 6.45) is 3.47. The van der Waals surface area contributed by atoms with Crippen LogP contribution in [0.4, 0.5) is 0 Å². The molecule has 0 heterocycles. The Morgan fingerprint density at radius 3 is 2.36 bits per heavy atom. The minimum atomic E-state index is -0.0644. The number of hydrogen-bond acceptors (Lipinski definition) is 1. The molecule has 1 heteroatoms. The van der Waals surface area contributed by atoms with Crippen molar-refractivity contribution in [3.63, 3.8) is 0 Å². The topological polar surface area (TPSA) is 20.2 Å². The SMILES string of the molecule is CC(C)C[C@H]1CC(C)(C)C[C@@H](C)[C@@H]1O. The van der Waals surface area contributed by atoms with Crippen molar-refractivity contribution in [1.29, 1.82) is 0 Å². The number of hydrogen-bond donors (Lipinski definition) is 1. The second-order valence-electron chi connectivity index (χ2n) is 6.43. The monoisotopic (exact) mass is 198 g/mol. The molecule has 1 rings (SSSR count). The summed E-state index contributed by atoms with van der Waals surface area (Å²) >= 11 is 0. The maximum Gasteiger partial charge on any atom is 0.0594 e. The molecule has 0 amide bonds. The van der Waals surface area contributed by atoms with E-state index >= 15 is 0 Å². The van der Waals surface area contributed by atoms with Crippen LogP contribution < -0.4 is 0 Å². The molecule has 14 heavy (non-hydrogen) atoms. The zero-order valence-electron chi connectivity index (χ0n) is 10.4. The van der Waals surface area contributed by atoms with Crippen molar-refractivity contribution >= 4 is 0 Å². The summed E-state index contributed by atoms with van der Waals surface area (Å²) in [5.41, 5.74) is 0.429. The molecule has 0 saturated heterocycles. The van der Waals surface area contributed by atoms with Gasteiger partial charge in [0.15, 0.2) is 0 Å². The molecular weight excluding hydrogens is 172 g/mol. The molecule has 0 aromatic carbocycles. The van der Waals surface area contributed by atoms with Crippen LogP contribution in [0.15, 0.2) is 0 Å². The number of aliphatic hydroxyl groups excluding tert-OH is 1. The summed E-state index contributed by atoms with van der Waals surface area (Å²) in [7, 11) is 0. The van der Waals surface area contributed by atoms with Gasteiger partial charge in [-0.2, -0.15) is 0 Å². The Hall–Kier alpha value is -0.0400. The molecule has 3 atom stereocenters. The van der Waals surface area contributed by atoms with E-state index in [2.05, 4.69) is 34.6 Å². The lowest BCUT2D eigenvalue weighted by atomic mass is 9.65. The van der Waals surface area contributed by atoms with Gasteiger partial charge in [0.25, 0.3) is 0 Å². The first-order valence-corrected chi connectivity index (χ1v) is 6.00. The summed E-state index contributed by atoms with van der Waals surface area (Å²) in [4.78, 5) is 0. The van der Waals surface area contributed by atoms with Crippen molar-refractivity contribution < 1.29 is 5.11 Å². The van der Waals surface area contributed by atoms with Gasteiger partial charge in [0.1, 0.15) is 0 Å². The molecule has 0 spiro atoms. The van der Waals surface area contributed by atoms with Crippen LogP contribution in [0.5, 0.6) is 0 Å². The molecule has 1 fully saturated rings. The number of rotatable bonds is 2. The van der Waals surface area contributed by atoms with Gasteiger partial charge in [0.05, 0.1) is 6.10 Å². The largest absolute Gasteiger partial charge is 0.393 e. The zero-order valence-corrected chi connectivity index (χ0v) is 10.4. The molecular formula is C13H26O. The highest BCUT2D eigenvalue weighted by atomic mass is 16.3. The minimum Gasteiger partial charge on any atom is -0.393 e. The van der Waals surface area contributed by atoms with Crippen LogP contribution in [-0.2, 0) is 0 Å². The Morgan fingerprint density at radius 1 is 1.29 bits per heavy atom. The predicted molar refractivity (Wildman–Crippen MR) is 61.1 cm³/mol. The molecule has 1 saturated carbocycles. The highest BCUT2D eigenvalue weighted by molar-refractivity contribution is 4.88. The molecule has 1 aliphatic rings. The molecule has 1 aliphatic carbocycles. The van der Waals surface area contributed by atoms with Gasteiger partial charge in [-0.25, -0.2) is 0 Å². The third-order valence-corrected chi connectivity index (χ3v) is 3.53. The zero-order chi connectivity index (χ0) is 10.9. The van der Waals surface area contributed by atoms with Crippen LogP contribution in [0.2, 0.25) is 0 Å². The van der Waals surface area contributed by atoms with E-state index in [1.54, 1.807) is 0 Å². The van der Waals surface area contributed by atoms with Crippen molar-refractivity contribution in [2.24, 2.45) is 23.2 Å².